The fraction of sp³-hybridized carbons (Fsp3) is 0.889. The Balaban J connectivity index is 0. The highest BCUT2D eigenvalue weighted by molar-refractivity contribution is 8.24. The third-order valence-electron chi connectivity index (χ3n) is 22.5. The monoisotopic (exact) mass is 1750 g/mol. The maximum atomic E-state index is 13.1. The Hall–Kier alpha value is -4.90. The van der Waals surface area contributed by atoms with Gasteiger partial charge in [-0.05, 0) is 53.4 Å². The number of thiocarbonyl (C=S) groups is 1. The van der Waals surface area contributed by atoms with Gasteiger partial charge < -0.3 is 57.1 Å². The smallest absolute Gasteiger partial charge is 0.322 e. The Morgan fingerprint density at radius 1 is 0.306 bits per heavy atom. The van der Waals surface area contributed by atoms with E-state index in [2.05, 4.69) is 37.4 Å². The molecule has 0 aromatic heterocycles. The quantitative estimate of drug-likeness (QED) is 0.0181. The van der Waals surface area contributed by atoms with E-state index in [-0.39, 0.29) is 123 Å². The van der Waals surface area contributed by atoms with Crippen LogP contribution in [-0.4, -0.2) is 147 Å². The van der Waals surface area contributed by atoms with Crippen LogP contribution < -0.4 is 0 Å². The summed E-state index contributed by atoms with van der Waals surface area (Å²) < 4.78 is 53.5. The minimum atomic E-state index is -1.15. The predicted molar refractivity (Wildman–Crippen MR) is 496 cm³/mol. The molecule has 0 N–H and O–H groups in total. The van der Waals surface area contributed by atoms with Crippen LogP contribution in [0.2, 0.25) is 0 Å². The lowest BCUT2D eigenvalue weighted by Gasteiger charge is -2.30. The Morgan fingerprint density at radius 3 is 0.769 bits per heavy atom. The third-order valence-corrected chi connectivity index (χ3v) is 23.8. The van der Waals surface area contributed by atoms with Gasteiger partial charge in [0.1, 0.15) is 44.4 Å². The fourth-order valence-corrected chi connectivity index (χ4v) is 16.7. The van der Waals surface area contributed by atoms with Crippen LogP contribution in [0.1, 0.15) is 467 Å². The Bertz CT molecular complexity index is 2690. The fourth-order valence-electron chi connectivity index (χ4n) is 15.0. The summed E-state index contributed by atoms with van der Waals surface area (Å²) in [6, 6.07) is 0. The first-order valence-corrected chi connectivity index (χ1v) is 49.8. The highest BCUT2D eigenvalue weighted by Gasteiger charge is 2.47. The molecule has 3 unspecified atom stereocenters. The molecule has 0 bridgehead atoms. The molecule has 0 saturated carbocycles. The second-order valence-electron chi connectivity index (χ2n) is 35.5. The number of ether oxygens (including phenoxy) is 10. The Labute approximate surface area is 748 Å². The van der Waals surface area contributed by atoms with E-state index < -0.39 is 69.3 Å². The van der Waals surface area contributed by atoms with E-state index >= 15 is 0 Å². The molecule has 0 amide bonds. The zero-order valence-electron chi connectivity index (χ0n) is 79.2. The number of hydrogen-bond acceptors (Lipinski definition) is 20. The molecule has 0 spiro atoms. The van der Waals surface area contributed by atoms with Crippen LogP contribution in [0.4, 0.5) is 0 Å². The number of hydrogen-bond donors (Lipinski definition) is 0. The molecule has 5 atom stereocenters. The second-order valence-corrected chi connectivity index (χ2v) is 38.1. The Kier molecular flexibility index (Phi) is 80.2. The first-order valence-electron chi connectivity index (χ1n) is 48.6. The molecular formula is C99H178N2O18S2. The zero-order chi connectivity index (χ0) is 90.0. The average Bonchev–Trinajstić information content (AvgIpc) is 0.821. The van der Waals surface area contributed by atoms with E-state index in [1.807, 2.05) is 0 Å². The summed E-state index contributed by atoms with van der Waals surface area (Å²) in [6.07, 6.45) is 62.7. The van der Waals surface area contributed by atoms with Crippen LogP contribution in [-0.2, 0) is 85.7 Å². The van der Waals surface area contributed by atoms with Crippen LogP contribution in [0, 0.1) is 18.6 Å². The van der Waals surface area contributed by atoms with Crippen molar-refractivity contribution in [1.29, 1.82) is 0 Å². The van der Waals surface area contributed by atoms with Crippen molar-refractivity contribution in [2.75, 3.05) is 67.1 Å². The minimum Gasteiger partial charge on any atom is -0.463 e. The molecule has 22 heteroatoms. The average molecular weight is 1750 g/mol. The number of unbranched alkanes of at least 4 members (excludes halogenated alkanes) is 48. The predicted octanol–water partition coefficient (Wildman–Crippen LogP) is 26.8. The van der Waals surface area contributed by atoms with Gasteiger partial charge in [-0.3, -0.25) is 38.4 Å². The van der Waals surface area contributed by atoms with Crippen molar-refractivity contribution in [3.8, 4) is 0 Å². The van der Waals surface area contributed by atoms with Crippen molar-refractivity contribution in [1.82, 2.24) is 0 Å². The molecule has 0 radical (unpaired) electrons. The van der Waals surface area contributed by atoms with Crippen molar-refractivity contribution < 1.29 is 85.7 Å². The molecule has 20 nitrogen and oxygen atoms in total. The molecule has 704 valence electrons. The molecule has 0 aliphatic heterocycles. The lowest BCUT2D eigenvalue weighted by Crippen LogP contribution is -2.42. The number of rotatable bonds is 85. The van der Waals surface area contributed by atoms with Gasteiger partial charge in [0.15, 0.2) is 12.2 Å². The largest absolute Gasteiger partial charge is 0.463 e. The number of methoxy groups -OCH3 is 2. The van der Waals surface area contributed by atoms with Gasteiger partial charge >= 0.3 is 47.8 Å². The van der Waals surface area contributed by atoms with Gasteiger partial charge in [-0.1, -0.05) is 348 Å². The summed E-state index contributed by atoms with van der Waals surface area (Å²) in [7, 11) is 3.04. The van der Waals surface area contributed by atoms with Gasteiger partial charge in [0.2, 0.25) is 11.1 Å². The molecule has 0 aliphatic carbocycles. The van der Waals surface area contributed by atoms with E-state index in [1.54, 1.807) is 41.5 Å². The van der Waals surface area contributed by atoms with E-state index in [4.69, 9.17) is 72.7 Å². The number of carbonyl (C=O) groups excluding carboxylic acids is 8. The summed E-state index contributed by atoms with van der Waals surface area (Å²) in [4.78, 5) is 110. The van der Waals surface area contributed by atoms with E-state index in [0.717, 1.165) is 70.6 Å². The van der Waals surface area contributed by atoms with Crippen LogP contribution >= 0.6 is 24.0 Å². The molecule has 0 aromatic rings. The first kappa shape index (κ1) is 118. The summed E-state index contributed by atoms with van der Waals surface area (Å²) >= 11 is 6.46. The Morgan fingerprint density at radius 2 is 0.529 bits per heavy atom. The molecule has 121 heavy (non-hydrogen) atoms. The van der Waals surface area contributed by atoms with Gasteiger partial charge in [-0.15, -0.1) is 11.8 Å². The van der Waals surface area contributed by atoms with Gasteiger partial charge in [0.05, 0.1) is 37.9 Å². The SMILES string of the molecule is [C-]#[N+]C(C)(CCC(=O)OC[C@@H](COC(=O)CCCCCCCCCCCCCCC)OC(=O)CCCCCCCCCCCCCCC)CC(C)(C)C(=O)OCCOC.[C-]#[N+]C(C)(CCC(=O)OC[C@@H](COC(=O)CCCCCCCCCCCCCCC)OC(=O)CCCCCCCCCCCCCCC)CC(C)(SC(C)=S)C(=O)OCCOC. The number of carbonyl (C=O) groups is 8. The minimum absolute atomic E-state index is 0.0634. The van der Waals surface area contributed by atoms with Crippen LogP contribution in [0.3, 0.4) is 0 Å². The van der Waals surface area contributed by atoms with Gasteiger partial charge in [-0.2, -0.15) is 0 Å². The molecule has 0 aromatic carbocycles. The van der Waals surface area contributed by atoms with Crippen LogP contribution in [0.15, 0.2) is 0 Å². The van der Waals surface area contributed by atoms with Crippen LogP contribution in [0.25, 0.3) is 9.69 Å². The normalized spacial score (nSPS) is 13.3. The summed E-state index contributed by atoms with van der Waals surface area (Å²) in [5.74, 6) is -3.61. The number of nitrogens with zero attached hydrogens (tertiary/aromatic N) is 2. The number of esters is 8. The second kappa shape index (κ2) is 82.1. The lowest BCUT2D eigenvalue weighted by molar-refractivity contribution is -0.167. The van der Waals surface area contributed by atoms with Gasteiger partial charge in [0.25, 0.3) is 0 Å². The summed E-state index contributed by atoms with van der Waals surface area (Å²) in [6.45, 7) is 34.8. The summed E-state index contributed by atoms with van der Waals surface area (Å²) in [5, 5.41) is 0. The third kappa shape index (κ3) is 75.0. The maximum absolute atomic E-state index is 13.1. The molecule has 0 saturated heterocycles. The van der Waals surface area contributed by atoms with Crippen molar-refractivity contribution in [2.24, 2.45) is 5.41 Å². The summed E-state index contributed by atoms with van der Waals surface area (Å²) in [5.41, 5.74) is -3.05. The zero-order valence-corrected chi connectivity index (χ0v) is 80.8. The molecular weight excluding hydrogens is 1570 g/mol. The molecule has 0 heterocycles. The maximum Gasteiger partial charge on any atom is 0.322 e. The number of thioether (sulfide) groups is 1. The van der Waals surface area contributed by atoms with E-state index in [9.17, 15) is 38.4 Å². The molecule has 0 fully saturated rings. The highest BCUT2D eigenvalue weighted by atomic mass is 32.2. The van der Waals surface area contributed by atoms with Gasteiger partial charge in [0, 0.05) is 77.2 Å². The van der Waals surface area contributed by atoms with Crippen molar-refractivity contribution in [3.63, 3.8) is 0 Å². The van der Waals surface area contributed by atoms with E-state index in [1.165, 1.54) is 276 Å². The standard InChI is InChI=1S/C50H89NO9S2.C49H89NO9/c1-8-10-12-14-16-18-20-22-24-26-28-30-32-34-45(52)58-40-44(60-47(54)35-33-31-29-27-25-23-21-19-17-15-13-11-9-2)41-59-46(53)36-37-49(4,51-6)42-50(5,62-43(3)61)48(55)57-39-38-56-7;1-8-10-12-14-16-18-20-22-24-26-28-30-32-34-44(51)57-40-43(59-46(53)35-33-31-29-27-25-23-21-19-17-15-13-11-9-2)41-58-45(52)36-37-49(5,50-6)42-48(3,4)47(54)56-39-38-55-7/h44H,8-42H2,1-5,7H3;43H,8-42H2,1-5,7H3/t44-,49?,50?;43-,49?/m11/s1. The van der Waals surface area contributed by atoms with Crippen LogP contribution in [0.5, 0.6) is 0 Å². The van der Waals surface area contributed by atoms with Crippen molar-refractivity contribution >= 4 is 75.9 Å². The molecule has 0 rings (SSSR count). The topological polar surface area (TPSA) is 238 Å². The lowest BCUT2D eigenvalue weighted by atomic mass is 9.77. The molecule has 0 aliphatic rings. The van der Waals surface area contributed by atoms with Gasteiger partial charge in [-0.25, -0.2) is 13.1 Å². The van der Waals surface area contributed by atoms with Crippen molar-refractivity contribution in [3.05, 3.63) is 22.8 Å². The van der Waals surface area contributed by atoms with E-state index in [0.29, 0.717) is 23.5 Å². The first-order chi connectivity index (χ1) is 58.3. The highest BCUT2D eigenvalue weighted by Crippen LogP contribution is 2.40. The van der Waals surface area contributed by atoms with Crippen molar-refractivity contribution in [2.45, 2.75) is 495 Å².